The third kappa shape index (κ3) is 2.36. The zero-order valence-electron chi connectivity index (χ0n) is 11.9. The van der Waals surface area contributed by atoms with E-state index in [-0.39, 0.29) is 11.4 Å². The molecule has 0 atom stereocenters. The van der Waals surface area contributed by atoms with Gasteiger partial charge in [-0.05, 0) is 24.6 Å². The van der Waals surface area contributed by atoms with Crippen LogP contribution in [0.5, 0.6) is 0 Å². The van der Waals surface area contributed by atoms with Crippen molar-refractivity contribution in [2.24, 2.45) is 0 Å². The summed E-state index contributed by atoms with van der Waals surface area (Å²) >= 11 is 0. The molecule has 0 bridgehead atoms. The number of benzene rings is 1. The Morgan fingerprint density at radius 1 is 1.30 bits per heavy atom. The van der Waals surface area contributed by atoms with Gasteiger partial charge in [0.25, 0.3) is 0 Å². The molecule has 2 N–H and O–H groups in total. The Morgan fingerprint density at radius 2 is 2.04 bits per heavy atom. The Labute approximate surface area is 128 Å². The van der Waals surface area contributed by atoms with Crippen molar-refractivity contribution in [3.05, 3.63) is 47.3 Å². The second-order valence-electron chi connectivity index (χ2n) is 4.94. The first-order valence-corrected chi connectivity index (χ1v) is 6.54. The second-order valence-corrected chi connectivity index (χ2v) is 4.94. The summed E-state index contributed by atoms with van der Waals surface area (Å²) in [4.78, 5) is 4.12. The van der Waals surface area contributed by atoms with Crippen LogP contribution in [-0.2, 0) is 6.18 Å². The molecule has 0 radical (unpaired) electrons. The summed E-state index contributed by atoms with van der Waals surface area (Å²) in [6, 6.07) is 6.81. The third-order valence-corrected chi connectivity index (χ3v) is 3.46. The lowest BCUT2D eigenvalue weighted by molar-refractivity contribution is -0.137. The molecule has 0 fully saturated rings. The monoisotopic (exact) mass is 317 g/mol. The lowest BCUT2D eigenvalue weighted by atomic mass is 10.0. The molecule has 0 saturated carbocycles. The molecular weight excluding hydrogens is 307 g/mol. The summed E-state index contributed by atoms with van der Waals surface area (Å²) in [5.74, 6) is 0.0961. The zero-order valence-corrected chi connectivity index (χ0v) is 11.9. The minimum absolute atomic E-state index is 0.0961. The second kappa shape index (κ2) is 4.98. The van der Waals surface area contributed by atoms with Gasteiger partial charge in [-0.3, -0.25) is 0 Å². The maximum atomic E-state index is 12.9. The fraction of sp³-hybridized carbons (Fsp3) is 0.133. The molecule has 3 rings (SSSR count). The normalized spacial score (nSPS) is 11.6. The maximum absolute atomic E-state index is 12.9. The summed E-state index contributed by atoms with van der Waals surface area (Å²) in [6.45, 7) is 1.65. The molecule has 23 heavy (non-hydrogen) atoms. The molecule has 8 heteroatoms. The van der Waals surface area contributed by atoms with Crippen LogP contribution in [0.2, 0.25) is 0 Å². The van der Waals surface area contributed by atoms with Crippen molar-refractivity contribution in [3.8, 4) is 17.2 Å². The van der Waals surface area contributed by atoms with Crippen molar-refractivity contribution in [3.63, 3.8) is 0 Å². The lowest BCUT2D eigenvalue weighted by Gasteiger charge is -2.08. The molecule has 3 aromatic rings. The maximum Gasteiger partial charge on any atom is 0.416 e. The standard InChI is InChI=1S/C15H10F3N5/c1-8-12(9-3-2-4-11(5-9)15(16,17)18)14-21-7-10(6-19)13(20)23(14)22-8/h2-5,7H,20H2,1H3. The Hall–Kier alpha value is -3.08. The Bertz CT molecular complexity index is 950. The van der Waals surface area contributed by atoms with E-state index in [0.717, 1.165) is 12.1 Å². The molecule has 0 aliphatic heterocycles. The molecule has 116 valence electrons. The summed E-state index contributed by atoms with van der Waals surface area (Å²) < 4.78 is 40.0. The van der Waals surface area contributed by atoms with Gasteiger partial charge in [-0.1, -0.05) is 12.1 Å². The number of aromatic nitrogens is 3. The van der Waals surface area contributed by atoms with Gasteiger partial charge >= 0.3 is 6.18 Å². The highest BCUT2D eigenvalue weighted by atomic mass is 19.4. The first kappa shape index (κ1) is 14.8. The summed E-state index contributed by atoms with van der Waals surface area (Å²) in [5.41, 5.74) is 6.80. The number of nitrogen functional groups attached to an aromatic ring is 1. The molecule has 2 heterocycles. The molecule has 0 aliphatic carbocycles. The number of nitrogens with two attached hydrogens (primary N) is 1. The minimum Gasteiger partial charge on any atom is -0.382 e. The van der Waals surface area contributed by atoms with Crippen LogP contribution in [-0.4, -0.2) is 14.6 Å². The fourth-order valence-corrected chi connectivity index (χ4v) is 2.38. The van der Waals surface area contributed by atoms with E-state index in [0.29, 0.717) is 22.5 Å². The first-order valence-electron chi connectivity index (χ1n) is 6.54. The van der Waals surface area contributed by atoms with Gasteiger partial charge in [-0.25, -0.2) is 4.98 Å². The minimum atomic E-state index is -4.44. The Kier molecular flexibility index (Phi) is 3.21. The first-order chi connectivity index (χ1) is 10.8. The predicted octanol–water partition coefficient (Wildman–Crippen LogP) is 3.18. The number of nitrogens with zero attached hydrogens (tertiary/aromatic N) is 4. The summed E-state index contributed by atoms with van der Waals surface area (Å²) in [7, 11) is 0. The van der Waals surface area contributed by atoms with Gasteiger partial charge in [0.05, 0.1) is 17.5 Å². The SMILES string of the molecule is Cc1nn2c(N)c(C#N)cnc2c1-c1cccc(C(F)(F)F)c1. The van der Waals surface area contributed by atoms with Crippen molar-refractivity contribution >= 4 is 11.5 Å². The van der Waals surface area contributed by atoms with Crippen LogP contribution in [0.25, 0.3) is 16.8 Å². The number of fused-ring (bicyclic) bond motifs is 1. The highest BCUT2D eigenvalue weighted by molar-refractivity contribution is 5.81. The molecule has 0 unspecified atom stereocenters. The van der Waals surface area contributed by atoms with Crippen LogP contribution < -0.4 is 5.73 Å². The van der Waals surface area contributed by atoms with E-state index in [9.17, 15) is 13.2 Å². The molecule has 0 spiro atoms. The van der Waals surface area contributed by atoms with Gasteiger partial charge in [-0.15, -0.1) is 0 Å². The van der Waals surface area contributed by atoms with Crippen molar-refractivity contribution < 1.29 is 13.2 Å². The number of halogens is 3. The van der Waals surface area contributed by atoms with E-state index in [1.165, 1.54) is 16.8 Å². The quantitative estimate of drug-likeness (QED) is 0.747. The number of alkyl halides is 3. The van der Waals surface area contributed by atoms with Crippen LogP contribution in [0, 0.1) is 18.3 Å². The van der Waals surface area contributed by atoms with Gasteiger partial charge in [0.1, 0.15) is 17.5 Å². The van der Waals surface area contributed by atoms with Gasteiger partial charge in [0.2, 0.25) is 0 Å². The van der Waals surface area contributed by atoms with Crippen LogP contribution in [0.15, 0.2) is 30.5 Å². The number of nitriles is 1. The average Bonchev–Trinajstić information content (AvgIpc) is 2.84. The van der Waals surface area contributed by atoms with Crippen molar-refractivity contribution in [1.29, 1.82) is 5.26 Å². The van der Waals surface area contributed by atoms with Gasteiger partial charge in [0.15, 0.2) is 5.65 Å². The van der Waals surface area contributed by atoms with E-state index >= 15 is 0 Å². The molecule has 2 aromatic heterocycles. The number of hydrogen-bond donors (Lipinski definition) is 1. The molecule has 5 nitrogen and oxygen atoms in total. The molecule has 0 aliphatic rings. The van der Waals surface area contributed by atoms with E-state index < -0.39 is 11.7 Å². The molecule has 0 saturated heterocycles. The van der Waals surface area contributed by atoms with E-state index in [2.05, 4.69) is 10.1 Å². The fourth-order valence-electron chi connectivity index (χ4n) is 2.38. The lowest BCUT2D eigenvalue weighted by Crippen LogP contribution is -2.04. The van der Waals surface area contributed by atoms with Gasteiger partial charge in [0, 0.05) is 5.56 Å². The number of rotatable bonds is 1. The molecule has 0 amide bonds. The van der Waals surface area contributed by atoms with Crippen molar-refractivity contribution in [1.82, 2.24) is 14.6 Å². The van der Waals surface area contributed by atoms with Gasteiger partial charge < -0.3 is 5.73 Å². The van der Waals surface area contributed by atoms with Crippen molar-refractivity contribution in [2.75, 3.05) is 5.73 Å². The highest BCUT2D eigenvalue weighted by Crippen LogP contribution is 2.34. The number of hydrogen-bond acceptors (Lipinski definition) is 4. The van der Waals surface area contributed by atoms with Crippen LogP contribution in [0.4, 0.5) is 19.0 Å². The van der Waals surface area contributed by atoms with E-state index in [4.69, 9.17) is 11.0 Å². The number of anilines is 1. The highest BCUT2D eigenvalue weighted by Gasteiger charge is 2.31. The smallest absolute Gasteiger partial charge is 0.382 e. The summed E-state index contributed by atoms with van der Waals surface area (Å²) in [6.07, 6.45) is -3.16. The molecule has 1 aromatic carbocycles. The topological polar surface area (TPSA) is 80.0 Å². The third-order valence-electron chi connectivity index (χ3n) is 3.46. The van der Waals surface area contributed by atoms with Gasteiger partial charge in [-0.2, -0.15) is 28.0 Å². The van der Waals surface area contributed by atoms with Crippen molar-refractivity contribution in [2.45, 2.75) is 13.1 Å². The number of aryl methyl sites for hydroxylation is 1. The van der Waals surface area contributed by atoms with Crippen LogP contribution >= 0.6 is 0 Å². The largest absolute Gasteiger partial charge is 0.416 e. The van der Waals surface area contributed by atoms with Crippen LogP contribution in [0.3, 0.4) is 0 Å². The average molecular weight is 317 g/mol. The summed E-state index contributed by atoms with van der Waals surface area (Å²) in [5, 5.41) is 13.1. The van der Waals surface area contributed by atoms with Crippen LogP contribution in [0.1, 0.15) is 16.8 Å². The zero-order chi connectivity index (χ0) is 16.8. The van der Waals surface area contributed by atoms with E-state index in [1.807, 2.05) is 6.07 Å². The Balaban J connectivity index is 2.28. The van der Waals surface area contributed by atoms with E-state index in [1.54, 1.807) is 13.0 Å². The molecular formula is C15H10F3N5. The predicted molar refractivity (Wildman–Crippen MR) is 77.3 cm³/mol. The Morgan fingerprint density at radius 3 is 2.70 bits per heavy atom.